The minimum Gasteiger partial charge on any atom is -0.511 e. The number of hydrogen-bond acceptors (Lipinski definition) is 7. The van der Waals surface area contributed by atoms with E-state index in [9.17, 15) is 29.1 Å². The van der Waals surface area contributed by atoms with E-state index in [2.05, 4.69) is 15.6 Å². The van der Waals surface area contributed by atoms with Crippen molar-refractivity contribution in [2.45, 2.75) is 44.2 Å². The Morgan fingerprint density at radius 1 is 1.08 bits per heavy atom. The van der Waals surface area contributed by atoms with Crippen LogP contribution in [-0.4, -0.2) is 58.2 Å². The van der Waals surface area contributed by atoms with Crippen molar-refractivity contribution in [3.8, 4) is 0 Å². The number of Topliss-reactive ketones (excluding diaryl/α,β-unsaturated/α-hetero) is 1. The molecule has 3 N–H and O–H groups in total. The van der Waals surface area contributed by atoms with Crippen LogP contribution in [0.15, 0.2) is 64.9 Å². The minimum atomic E-state index is -0.753. The number of nitrogens with one attached hydrogen (secondary N) is 2. The zero-order valence-corrected chi connectivity index (χ0v) is 20.5. The van der Waals surface area contributed by atoms with Crippen LogP contribution in [-0.2, 0) is 25.7 Å². The fourth-order valence-corrected chi connectivity index (χ4v) is 5.13. The molecule has 10 heteroatoms. The summed E-state index contributed by atoms with van der Waals surface area (Å²) in [6.07, 6.45) is 2.20. The number of imide groups is 1. The Labute approximate surface area is 218 Å². The zero-order valence-electron chi connectivity index (χ0n) is 20.5. The fourth-order valence-electron chi connectivity index (χ4n) is 5.13. The molecule has 0 aromatic heterocycles. The molecule has 194 valence electrons. The molecule has 2 aliphatic heterocycles. The molecular formula is C28H26N4O6. The third-order valence-corrected chi connectivity index (χ3v) is 7.07. The summed E-state index contributed by atoms with van der Waals surface area (Å²) < 4.78 is 0. The van der Waals surface area contributed by atoms with Crippen LogP contribution >= 0.6 is 0 Å². The summed E-state index contributed by atoms with van der Waals surface area (Å²) in [5.41, 5.74) is 2.47. The average molecular weight is 515 g/mol. The van der Waals surface area contributed by atoms with Crippen LogP contribution in [0.1, 0.15) is 53.1 Å². The highest BCUT2D eigenvalue weighted by atomic mass is 16.3. The van der Waals surface area contributed by atoms with Gasteiger partial charge in [-0.3, -0.25) is 34.3 Å². The van der Waals surface area contributed by atoms with Crippen LogP contribution in [0.2, 0.25) is 0 Å². The molecular weight excluding hydrogens is 488 g/mol. The number of piperidine rings is 1. The van der Waals surface area contributed by atoms with Gasteiger partial charge in [0, 0.05) is 48.8 Å². The second kappa shape index (κ2) is 10.4. The molecule has 2 heterocycles. The van der Waals surface area contributed by atoms with Gasteiger partial charge in [-0.25, -0.2) is 0 Å². The maximum atomic E-state index is 12.9. The van der Waals surface area contributed by atoms with Crippen molar-refractivity contribution in [2.75, 3.05) is 11.9 Å². The van der Waals surface area contributed by atoms with Gasteiger partial charge in [0.2, 0.25) is 17.7 Å². The van der Waals surface area contributed by atoms with Gasteiger partial charge in [-0.2, -0.15) is 0 Å². The van der Waals surface area contributed by atoms with Crippen molar-refractivity contribution in [3.05, 3.63) is 76.6 Å². The fraction of sp³-hybridized carbons (Fsp3) is 0.286. The Bertz CT molecular complexity index is 1400. The monoisotopic (exact) mass is 514 g/mol. The van der Waals surface area contributed by atoms with Gasteiger partial charge >= 0.3 is 0 Å². The Balaban J connectivity index is 1.22. The van der Waals surface area contributed by atoms with Gasteiger partial charge in [0.25, 0.3) is 5.91 Å². The summed E-state index contributed by atoms with van der Waals surface area (Å²) in [5, 5.41) is 15.5. The van der Waals surface area contributed by atoms with E-state index >= 15 is 0 Å². The predicted molar refractivity (Wildman–Crippen MR) is 138 cm³/mol. The lowest BCUT2D eigenvalue weighted by Crippen LogP contribution is -2.52. The van der Waals surface area contributed by atoms with Crippen LogP contribution in [0.3, 0.4) is 0 Å². The number of aliphatic imine (C=N–C) groups is 1. The molecule has 0 bridgehead atoms. The molecule has 2 aromatic rings. The third kappa shape index (κ3) is 4.97. The molecule has 0 radical (unpaired) electrons. The van der Waals surface area contributed by atoms with Crippen LogP contribution in [0.5, 0.6) is 0 Å². The first-order valence-corrected chi connectivity index (χ1v) is 12.4. The molecule has 0 saturated carbocycles. The van der Waals surface area contributed by atoms with Crippen LogP contribution in [0.4, 0.5) is 5.69 Å². The van der Waals surface area contributed by atoms with E-state index in [-0.39, 0.29) is 67.2 Å². The second-order valence-electron chi connectivity index (χ2n) is 9.55. The number of aliphatic hydroxyl groups is 1. The number of fused-ring (bicyclic) bond motifs is 1. The lowest BCUT2D eigenvalue weighted by Gasteiger charge is -2.29. The van der Waals surface area contributed by atoms with E-state index in [4.69, 9.17) is 0 Å². The number of anilines is 1. The van der Waals surface area contributed by atoms with Gasteiger partial charge in [-0.05, 0) is 30.0 Å². The first-order chi connectivity index (χ1) is 18.3. The van der Waals surface area contributed by atoms with Gasteiger partial charge in [0.15, 0.2) is 5.78 Å². The molecule has 0 spiro atoms. The molecule has 10 nitrogen and oxygen atoms in total. The Morgan fingerprint density at radius 2 is 1.87 bits per heavy atom. The van der Waals surface area contributed by atoms with Crippen molar-refractivity contribution in [1.82, 2.24) is 10.2 Å². The lowest BCUT2D eigenvalue weighted by molar-refractivity contribution is -0.137. The number of ketones is 1. The normalized spacial score (nSPS) is 21.6. The largest absolute Gasteiger partial charge is 0.511 e. The maximum Gasteiger partial charge on any atom is 0.255 e. The molecule has 3 aliphatic rings. The van der Waals surface area contributed by atoms with E-state index < -0.39 is 17.9 Å². The van der Waals surface area contributed by atoms with E-state index in [0.29, 0.717) is 23.2 Å². The van der Waals surface area contributed by atoms with Crippen molar-refractivity contribution in [2.24, 2.45) is 4.99 Å². The number of amides is 4. The van der Waals surface area contributed by atoms with E-state index in [1.807, 2.05) is 30.3 Å². The highest BCUT2D eigenvalue weighted by molar-refractivity contribution is 6.15. The summed E-state index contributed by atoms with van der Waals surface area (Å²) in [4.78, 5) is 67.4. The number of aliphatic hydroxyl groups excluding tert-OH is 1. The summed E-state index contributed by atoms with van der Waals surface area (Å²) in [5.74, 6) is -2.06. The van der Waals surface area contributed by atoms with E-state index in [1.54, 1.807) is 18.2 Å². The number of nitrogens with zero attached hydrogens (tertiary/aromatic N) is 2. The molecule has 4 amide bonds. The lowest BCUT2D eigenvalue weighted by atomic mass is 9.83. The zero-order chi connectivity index (χ0) is 26.8. The van der Waals surface area contributed by atoms with Crippen molar-refractivity contribution < 1.29 is 29.1 Å². The smallest absolute Gasteiger partial charge is 0.255 e. The molecule has 38 heavy (non-hydrogen) atoms. The standard InChI is InChI=1S/C28H26N4O6/c33-23-11-17(16-5-2-1-3-6-16)12-24(34)19(23)13-29-14-26(36)30-21-8-4-7-18-20(21)15-32(28(18)38)22-9-10-25(35)31-27(22)37/h1-8,13,17,22,33H,9-12,14-15H2,(H,30,36)(H,31,35,37). The Hall–Kier alpha value is -4.60. The topological polar surface area (TPSA) is 145 Å². The van der Waals surface area contributed by atoms with Crippen LogP contribution in [0, 0.1) is 0 Å². The van der Waals surface area contributed by atoms with Crippen molar-refractivity contribution in [3.63, 3.8) is 0 Å². The van der Waals surface area contributed by atoms with Gasteiger partial charge in [0.1, 0.15) is 18.3 Å². The van der Waals surface area contributed by atoms with E-state index in [1.165, 1.54) is 11.1 Å². The molecule has 5 rings (SSSR count). The highest BCUT2D eigenvalue weighted by Gasteiger charge is 2.40. The Kier molecular flexibility index (Phi) is 6.87. The molecule has 2 unspecified atom stereocenters. The molecule has 1 saturated heterocycles. The third-order valence-electron chi connectivity index (χ3n) is 7.07. The summed E-state index contributed by atoms with van der Waals surface area (Å²) in [6, 6.07) is 13.7. The molecule has 1 fully saturated rings. The summed E-state index contributed by atoms with van der Waals surface area (Å²) in [6.45, 7) is -0.168. The quantitative estimate of drug-likeness (QED) is 0.399. The van der Waals surface area contributed by atoms with Gasteiger partial charge in [-0.15, -0.1) is 0 Å². The minimum absolute atomic E-state index is 0.0489. The van der Waals surface area contributed by atoms with Crippen molar-refractivity contribution >= 4 is 41.3 Å². The summed E-state index contributed by atoms with van der Waals surface area (Å²) >= 11 is 0. The predicted octanol–water partition coefficient (Wildman–Crippen LogP) is 2.42. The van der Waals surface area contributed by atoms with Crippen molar-refractivity contribution in [1.29, 1.82) is 0 Å². The molecule has 2 atom stereocenters. The number of hydrogen-bond donors (Lipinski definition) is 3. The maximum absolute atomic E-state index is 12.9. The number of carbonyl (C=O) groups excluding carboxylic acids is 5. The van der Waals surface area contributed by atoms with Crippen LogP contribution < -0.4 is 10.6 Å². The number of rotatable bonds is 6. The van der Waals surface area contributed by atoms with Crippen LogP contribution in [0.25, 0.3) is 0 Å². The number of benzene rings is 2. The van der Waals surface area contributed by atoms with Gasteiger partial charge in [-0.1, -0.05) is 36.4 Å². The SMILES string of the molecule is O=C1CCC(N2Cc3c(NC(=O)CN=CC4=C(O)CC(c5ccccc5)CC4=O)cccc3C2=O)C(=O)N1. The molecule has 2 aromatic carbocycles. The Morgan fingerprint density at radius 3 is 2.61 bits per heavy atom. The highest BCUT2D eigenvalue weighted by Crippen LogP contribution is 2.34. The first-order valence-electron chi connectivity index (χ1n) is 12.4. The number of allylic oxidation sites excluding steroid dienone is 2. The van der Waals surface area contributed by atoms with Gasteiger partial charge in [0.05, 0.1) is 5.57 Å². The van der Waals surface area contributed by atoms with Gasteiger partial charge < -0.3 is 15.3 Å². The first kappa shape index (κ1) is 25.1. The number of carbonyl (C=O) groups is 5. The average Bonchev–Trinajstić information content (AvgIpc) is 3.23. The van der Waals surface area contributed by atoms with E-state index in [0.717, 1.165) is 5.56 Å². The molecule has 1 aliphatic carbocycles. The summed E-state index contributed by atoms with van der Waals surface area (Å²) in [7, 11) is 0. The second-order valence-corrected chi connectivity index (χ2v) is 9.55.